The Bertz CT molecular complexity index is 408. The van der Waals surface area contributed by atoms with Crippen molar-refractivity contribution >= 4 is 18.3 Å². The van der Waals surface area contributed by atoms with Crippen molar-refractivity contribution in [3.8, 4) is 0 Å². The lowest BCUT2D eigenvalue weighted by Gasteiger charge is -2.10. The topological polar surface area (TPSA) is 41.1 Å². The van der Waals surface area contributed by atoms with Crippen LogP contribution in [0.3, 0.4) is 0 Å². The third kappa shape index (κ3) is 5.57. The van der Waals surface area contributed by atoms with Crippen molar-refractivity contribution in [1.29, 1.82) is 0 Å². The fourth-order valence-corrected chi connectivity index (χ4v) is 2.27. The largest absolute Gasteiger partial charge is 0.356 e. The number of hydrogen-bond acceptors (Lipinski definition) is 2. The van der Waals surface area contributed by atoms with Crippen molar-refractivity contribution in [3.05, 3.63) is 35.6 Å². The molecule has 1 amide bonds. The summed E-state index contributed by atoms with van der Waals surface area (Å²) in [6.07, 6.45) is 3.45. The first kappa shape index (κ1) is 15.9. The van der Waals surface area contributed by atoms with E-state index >= 15 is 0 Å². The van der Waals surface area contributed by atoms with Crippen LogP contribution in [0.15, 0.2) is 24.3 Å². The standard InChI is InChI=1S/C14H19FN2O.ClH/c15-12-4-1-3-11(9-12)6-8-17-14(18)10-13-5-2-7-16-13;/h1,3-4,9,13,16H,2,5-8,10H2,(H,17,18);1H. The van der Waals surface area contributed by atoms with Gasteiger partial charge < -0.3 is 10.6 Å². The van der Waals surface area contributed by atoms with E-state index < -0.39 is 0 Å². The molecule has 1 aliphatic rings. The zero-order valence-electron chi connectivity index (χ0n) is 10.8. The van der Waals surface area contributed by atoms with Gasteiger partial charge in [0.2, 0.25) is 5.91 Å². The highest BCUT2D eigenvalue weighted by atomic mass is 35.5. The van der Waals surface area contributed by atoms with Crippen LogP contribution >= 0.6 is 12.4 Å². The van der Waals surface area contributed by atoms with Gasteiger partial charge in [0.15, 0.2) is 0 Å². The van der Waals surface area contributed by atoms with Crippen LogP contribution in [0.4, 0.5) is 4.39 Å². The Morgan fingerprint density at radius 1 is 1.47 bits per heavy atom. The summed E-state index contributed by atoms with van der Waals surface area (Å²) in [5, 5.41) is 6.17. The van der Waals surface area contributed by atoms with Crippen LogP contribution < -0.4 is 10.6 Å². The fourth-order valence-electron chi connectivity index (χ4n) is 2.27. The Balaban J connectivity index is 0.00000180. The Labute approximate surface area is 119 Å². The van der Waals surface area contributed by atoms with Crippen molar-refractivity contribution in [3.63, 3.8) is 0 Å². The van der Waals surface area contributed by atoms with Gasteiger partial charge in [0.05, 0.1) is 0 Å². The molecule has 5 heteroatoms. The van der Waals surface area contributed by atoms with E-state index in [0.717, 1.165) is 24.9 Å². The second-order valence-electron chi connectivity index (χ2n) is 4.73. The molecule has 1 aromatic carbocycles. The van der Waals surface area contributed by atoms with Crippen LogP contribution in [0, 0.1) is 5.82 Å². The van der Waals surface area contributed by atoms with E-state index in [1.165, 1.54) is 12.1 Å². The molecule has 0 saturated carbocycles. The SMILES string of the molecule is Cl.O=C(CC1CCCN1)NCCc1cccc(F)c1. The van der Waals surface area contributed by atoms with Crippen molar-refractivity contribution < 1.29 is 9.18 Å². The van der Waals surface area contributed by atoms with Crippen molar-refractivity contribution in [2.45, 2.75) is 31.7 Å². The first-order chi connectivity index (χ1) is 8.74. The number of benzene rings is 1. The van der Waals surface area contributed by atoms with Crippen molar-refractivity contribution in [2.24, 2.45) is 0 Å². The second-order valence-corrected chi connectivity index (χ2v) is 4.73. The molecular weight excluding hydrogens is 267 g/mol. The Morgan fingerprint density at radius 2 is 2.32 bits per heavy atom. The van der Waals surface area contributed by atoms with E-state index in [2.05, 4.69) is 10.6 Å². The van der Waals surface area contributed by atoms with E-state index in [0.29, 0.717) is 25.4 Å². The molecule has 0 spiro atoms. The maximum atomic E-state index is 12.9. The maximum absolute atomic E-state index is 12.9. The second kappa shape index (κ2) is 8.12. The van der Waals surface area contributed by atoms with E-state index in [-0.39, 0.29) is 24.1 Å². The van der Waals surface area contributed by atoms with Gasteiger partial charge in [-0.1, -0.05) is 12.1 Å². The number of carbonyl (C=O) groups excluding carboxylic acids is 1. The number of halogens is 2. The minimum absolute atomic E-state index is 0. The summed E-state index contributed by atoms with van der Waals surface area (Å²) in [5.74, 6) is -0.153. The van der Waals surface area contributed by atoms with Crippen LogP contribution in [0.25, 0.3) is 0 Å². The van der Waals surface area contributed by atoms with E-state index in [4.69, 9.17) is 0 Å². The van der Waals surface area contributed by atoms with Gasteiger partial charge in [-0.25, -0.2) is 4.39 Å². The molecule has 2 rings (SSSR count). The smallest absolute Gasteiger partial charge is 0.221 e. The van der Waals surface area contributed by atoms with Gasteiger partial charge in [0.1, 0.15) is 5.82 Å². The highest BCUT2D eigenvalue weighted by Crippen LogP contribution is 2.08. The predicted molar refractivity (Wildman–Crippen MR) is 76.0 cm³/mol. The highest BCUT2D eigenvalue weighted by Gasteiger charge is 2.17. The van der Waals surface area contributed by atoms with Crippen LogP contribution in [-0.2, 0) is 11.2 Å². The Morgan fingerprint density at radius 3 is 3.00 bits per heavy atom. The molecule has 1 unspecified atom stereocenters. The lowest BCUT2D eigenvalue weighted by molar-refractivity contribution is -0.121. The van der Waals surface area contributed by atoms with E-state index in [9.17, 15) is 9.18 Å². The molecule has 3 nitrogen and oxygen atoms in total. The zero-order valence-corrected chi connectivity index (χ0v) is 11.6. The first-order valence-corrected chi connectivity index (χ1v) is 6.48. The van der Waals surface area contributed by atoms with Crippen LogP contribution in [-0.4, -0.2) is 25.0 Å². The van der Waals surface area contributed by atoms with E-state index in [1.807, 2.05) is 6.07 Å². The predicted octanol–water partition coefficient (Wildman–Crippen LogP) is 2.05. The molecule has 1 fully saturated rings. The molecule has 1 aliphatic heterocycles. The summed E-state index contributed by atoms with van der Waals surface area (Å²) >= 11 is 0. The first-order valence-electron chi connectivity index (χ1n) is 6.48. The molecule has 2 N–H and O–H groups in total. The average Bonchev–Trinajstić information content (AvgIpc) is 2.82. The van der Waals surface area contributed by atoms with Crippen LogP contribution in [0.2, 0.25) is 0 Å². The lowest BCUT2D eigenvalue weighted by atomic mass is 10.1. The van der Waals surface area contributed by atoms with Gasteiger partial charge in [0, 0.05) is 19.0 Å². The minimum atomic E-state index is -0.228. The third-order valence-electron chi connectivity index (χ3n) is 3.22. The van der Waals surface area contributed by atoms with Gasteiger partial charge in [-0.15, -0.1) is 12.4 Å². The molecule has 1 aromatic rings. The van der Waals surface area contributed by atoms with Crippen molar-refractivity contribution in [1.82, 2.24) is 10.6 Å². The molecule has 1 heterocycles. The number of carbonyl (C=O) groups is 1. The average molecular weight is 287 g/mol. The lowest BCUT2D eigenvalue weighted by Crippen LogP contribution is -2.32. The van der Waals surface area contributed by atoms with Gasteiger partial charge >= 0.3 is 0 Å². The maximum Gasteiger partial charge on any atom is 0.221 e. The summed E-state index contributed by atoms with van der Waals surface area (Å²) in [6, 6.07) is 6.82. The minimum Gasteiger partial charge on any atom is -0.356 e. The van der Waals surface area contributed by atoms with Gasteiger partial charge in [-0.3, -0.25) is 4.79 Å². The molecule has 0 aliphatic carbocycles. The fraction of sp³-hybridized carbons (Fsp3) is 0.500. The molecular formula is C14H20ClFN2O. The van der Waals surface area contributed by atoms with Gasteiger partial charge in [-0.05, 0) is 43.5 Å². The third-order valence-corrected chi connectivity index (χ3v) is 3.22. The number of nitrogens with one attached hydrogen (secondary N) is 2. The molecule has 19 heavy (non-hydrogen) atoms. The normalized spacial score (nSPS) is 17.8. The number of rotatable bonds is 5. The summed E-state index contributed by atoms with van der Waals surface area (Å²) < 4.78 is 12.9. The summed E-state index contributed by atoms with van der Waals surface area (Å²) in [7, 11) is 0. The molecule has 1 atom stereocenters. The zero-order chi connectivity index (χ0) is 12.8. The molecule has 1 saturated heterocycles. The van der Waals surface area contributed by atoms with Crippen LogP contribution in [0.1, 0.15) is 24.8 Å². The summed E-state index contributed by atoms with van der Waals surface area (Å²) in [5.41, 5.74) is 0.911. The van der Waals surface area contributed by atoms with E-state index in [1.54, 1.807) is 6.07 Å². The Kier molecular flexibility index (Phi) is 6.81. The quantitative estimate of drug-likeness (QED) is 0.870. The molecule has 0 radical (unpaired) electrons. The number of hydrogen-bond donors (Lipinski definition) is 2. The highest BCUT2D eigenvalue weighted by molar-refractivity contribution is 5.85. The summed E-state index contributed by atoms with van der Waals surface area (Å²) in [6.45, 7) is 1.58. The molecule has 0 aromatic heterocycles. The molecule has 106 valence electrons. The van der Waals surface area contributed by atoms with Crippen molar-refractivity contribution in [2.75, 3.05) is 13.1 Å². The van der Waals surface area contributed by atoms with Gasteiger partial charge in [-0.2, -0.15) is 0 Å². The Hall–Kier alpha value is -1.13. The monoisotopic (exact) mass is 286 g/mol. The van der Waals surface area contributed by atoms with Crippen LogP contribution in [0.5, 0.6) is 0 Å². The summed E-state index contributed by atoms with van der Waals surface area (Å²) in [4.78, 5) is 11.6. The molecule has 0 bridgehead atoms. The van der Waals surface area contributed by atoms with Gasteiger partial charge in [0.25, 0.3) is 0 Å². The number of amides is 1.